The quantitative estimate of drug-likeness (QED) is 0.634. The summed E-state index contributed by atoms with van der Waals surface area (Å²) >= 11 is 0. The Balaban J connectivity index is 1.28. The fourth-order valence-corrected chi connectivity index (χ4v) is 4.70. The van der Waals surface area contributed by atoms with Crippen molar-refractivity contribution in [3.05, 3.63) is 70.8 Å². The van der Waals surface area contributed by atoms with E-state index in [0.29, 0.717) is 25.1 Å². The van der Waals surface area contributed by atoms with Gasteiger partial charge in [0.05, 0.1) is 0 Å². The molecule has 5 rings (SSSR count). The number of amides is 3. The van der Waals surface area contributed by atoms with Crippen molar-refractivity contribution in [3.63, 3.8) is 0 Å². The highest BCUT2D eigenvalue weighted by Crippen LogP contribution is 2.30. The number of carbonyl (C=O) groups is 3. The molecule has 1 fully saturated rings. The molecule has 1 unspecified atom stereocenters. The number of hydrogen-bond donors (Lipinski definition) is 3. The summed E-state index contributed by atoms with van der Waals surface area (Å²) in [4.78, 5) is 38.3. The zero-order valence-corrected chi connectivity index (χ0v) is 17.8. The third-order valence-electron chi connectivity index (χ3n) is 6.48. The third kappa shape index (κ3) is 3.91. The number of piperidine rings is 1. The van der Waals surface area contributed by atoms with Crippen molar-refractivity contribution in [2.75, 3.05) is 18.4 Å². The molecule has 0 aromatic heterocycles. The Labute approximate surface area is 186 Å². The fraction of sp³-hybridized carbons (Fsp3) is 0.320. The lowest BCUT2D eigenvalue weighted by Gasteiger charge is -2.29. The predicted molar refractivity (Wildman–Crippen MR) is 122 cm³/mol. The molecule has 32 heavy (non-hydrogen) atoms. The van der Waals surface area contributed by atoms with Gasteiger partial charge in [0, 0.05) is 37.3 Å². The SMILES string of the molecule is O=C1CCC(N2Cc3c(CNc4ccc(C5=CCNCC5)cc4)cccc3C2=O)C(=O)N1. The third-order valence-corrected chi connectivity index (χ3v) is 6.48. The molecular weight excluding hydrogens is 404 g/mol. The van der Waals surface area contributed by atoms with Crippen molar-refractivity contribution in [2.45, 2.75) is 38.4 Å². The van der Waals surface area contributed by atoms with Crippen LogP contribution in [0.4, 0.5) is 5.69 Å². The minimum absolute atomic E-state index is 0.143. The van der Waals surface area contributed by atoms with Crippen molar-refractivity contribution < 1.29 is 14.4 Å². The molecule has 3 N–H and O–H groups in total. The number of nitrogens with one attached hydrogen (secondary N) is 3. The van der Waals surface area contributed by atoms with E-state index in [2.05, 4.69) is 46.3 Å². The summed E-state index contributed by atoms with van der Waals surface area (Å²) in [5.74, 6) is -0.801. The largest absolute Gasteiger partial charge is 0.381 e. The monoisotopic (exact) mass is 430 g/mol. The maximum absolute atomic E-state index is 13.0. The van der Waals surface area contributed by atoms with Gasteiger partial charge in [0.1, 0.15) is 6.04 Å². The van der Waals surface area contributed by atoms with Crippen LogP contribution in [0.5, 0.6) is 0 Å². The lowest BCUT2D eigenvalue weighted by molar-refractivity contribution is -0.136. The van der Waals surface area contributed by atoms with Crippen LogP contribution in [0, 0.1) is 0 Å². The molecule has 3 heterocycles. The van der Waals surface area contributed by atoms with Gasteiger partial charge in [-0.2, -0.15) is 0 Å². The van der Waals surface area contributed by atoms with Crippen molar-refractivity contribution in [1.82, 2.24) is 15.5 Å². The zero-order chi connectivity index (χ0) is 22.1. The molecule has 0 saturated carbocycles. The second-order valence-corrected chi connectivity index (χ2v) is 8.46. The first kappa shape index (κ1) is 20.5. The van der Waals surface area contributed by atoms with Gasteiger partial charge in [0.15, 0.2) is 0 Å². The Hall–Kier alpha value is -3.45. The molecule has 0 spiro atoms. The molecule has 1 atom stereocenters. The molecule has 2 aromatic carbocycles. The minimum Gasteiger partial charge on any atom is -0.381 e. The van der Waals surface area contributed by atoms with E-state index in [1.807, 2.05) is 18.2 Å². The summed E-state index contributed by atoms with van der Waals surface area (Å²) < 4.78 is 0. The Bertz CT molecular complexity index is 1110. The van der Waals surface area contributed by atoms with Gasteiger partial charge in [0.25, 0.3) is 5.91 Å². The highest BCUT2D eigenvalue weighted by atomic mass is 16.2. The van der Waals surface area contributed by atoms with E-state index in [-0.39, 0.29) is 24.1 Å². The second-order valence-electron chi connectivity index (χ2n) is 8.46. The van der Waals surface area contributed by atoms with E-state index < -0.39 is 6.04 Å². The molecule has 1 saturated heterocycles. The maximum atomic E-state index is 13.0. The average Bonchev–Trinajstić information content (AvgIpc) is 3.15. The van der Waals surface area contributed by atoms with Crippen LogP contribution in [-0.2, 0) is 22.7 Å². The number of fused-ring (bicyclic) bond motifs is 1. The van der Waals surface area contributed by atoms with Gasteiger partial charge < -0.3 is 15.5 Å². The number of anilines is 1. The molecule has 7 nitrogen and oxygen atoms in total. The number of hydrogen-bond acceptors (Lipinski definition) is 5. The zero-order valence-electron chi connectivity index (χ0n) is 17.8. The van der Waals surface area contributed by atoms with Crippen LogP contribution in [-0.4, -0.2) is 41.8 Å². The first-order valence-corrected chi connectivity index (χ1v) is 11.1. The first-order chi connectivity index (χ1) is 15.6. The van der Waals surface area contributed by atoms with Gasteiger partial charge in [-0.15, -0.1) is 0 Å². The van der Waals surface area contributed by atoms with Crippen molar-refractivity contribution in [2.24, 2.45) is 0 Å². The molecule has 0 aliphatic carbocycles. The molecule has 3 aliphatic heterocycles. The van der Waals surface area contributed by atoms with Crippen LogP contribution < -0.4 is 16.0 Å². The summed E-state index contributed by atoms with van der Waals surface area (Å²) in [5.41, 5.74) is 6.28. The van der Waals surface area contributed by atoms with Crippen LogP contribution in [0.2, 0.25) is 0 Å². The maximum Gasteiger partial charge on any atom is 0.255 e. The highest BCUT2D eigenvalue weighted by Gasteiger charge is 2.39. The standard InChI is InChI=1S/C25H26N4O3/c30-23-9-8-22(24(31)28-23)29-15-21-18(2-1-3-20(21)25(29)32)14-27-19-6-4-16(5-7-19)17-10-12-26-13-11-17/h1-7,10,22,26-27H,8-9,11-15H2,(H,28,30,31). The van der Waals surface area contributed by atoms with E-state index in [9.17, 15) is 14.4 Å². The van der Waals surface area contributed by atoms with Gasteiger partial charge >= 0.3 is 0 Å². The van der Waals surface area contributed by atoms with E-state index in [1.54, 1.807) is 4.90 Å². The van der Waals surface area contributed by atoms with Crippen molar-refractivity contribution in [1.29, 1.82) is 0 Å². The van der Waals surface area contributed by atoms with E-state index >= 15 is 0 Å². The van der Waals surface area contributed by atoms with E-state index in [0.717, 1.165) is 36.3 Å². The van der Waals surface area contributed by atoms with E-state index in [4.69, 9.17) is 0 Å². The lowest BCUT2D eigenvalue weighted by atomic mass is 10.00. The normalized spacial score (nSPS) is 20.6. The molecule has 0 bridgehead atoms. The van der Waals surface area contributed by atoms with Crippen LogP contribution in [0.25, 0.3) is 5.57 Å². The molecule has 3 aliphatic rings. The van der Waals surface area contributed by atoms with Gasteiger partial charge in [-0.3, -0.25) is 19.7 Å². The van der Waals surface area contributed by atoms with Crippen LogP contribution in [0.15, 0.2) is 48.5 Å². The number of rotatable bonds is 5. The second kappa shape index (κ2) is 8.59. The number of imide groups is 1. The Morgan fingerprint density at radius 3 is 2.62 bits per heavy atom. The van der Waals surface area contributed by atoms with E-state index in [1.165, 1.54) is 11.1 Å². The van der Waals surface area contributed by atoms with Gasteiger partial charge in [-0.05, 0) is 59.8 Å². The van der Waals surface area contributed by atoms with Crippen molar-refractivity contribution in [3.8, 4) is 0 Å². The molecule has 2 aromatic rings. The predicted octanol–water partition coefficient (Wildman–Crippen LogP) is 2.44. The highest BCUT2D eigenvalue weighted by molar-refractivity contribution is 6.05. The topological polar surface area (TPSA) is 90.5 Å². The summed E-state index contributed by atoms with van der Waals surface area (Å²) in [6.45, 7) is 2.91. The number of carbonyl (C=O) groups excluding carboxylic acids is 3. The summed E-state index contributed by atoms with van der Waals surface area (Å²) in [5, 5.41) is 9.14. The number of nitrogens with zero attached hydrogens (tertiary/aromatic N) is 1. The van der Waals surface area contributed by atoms with Gasteiger partial charge in [-0.25, -0.2) is 0 Å². The Morgan fingerprint density at radius 2 is 1.88 bits per heavy atom. The molecule has 3 amide bonds. The number of benzene rings is 2. The molecule has 0 radical (unpaired) electrons. The Morgan fingerprint density at radius 1 is 1.03 bits per heavy atom. The van der Waals surface area contributed by atoms with Crippen LogP contribution >= 0.6 is 0 Å². The summed E-state index contributed by atoms with van der Waals surface area (Å²) in [7, 11) is 0. The summed E-state index contributed by atoms with van der Waals surface area (Å²) in [6, 6.07) is 13.6. The van der Waals surface area contributed by atoms with Crippen molar-refractivity contribution >= 4 is 29.0 Å². The van der Waals surface area contributed by atoms with Gasteiger partial charge in [-0.1, -0.05) is 30.3 Å². The van der Waals surface area contributed by atoms with Gasteiger partial charge in [0.2, 0.25) is 11.8 Å². The summed E-state index contributed by atoms with van der Waals surface area (Å²) in [6.07, 6.45) is 3.91. The first-order valence-electron chi connectivity index (χ1n) is 11.1. The molecule has 7 heteroatoms. The minimum atomic E-state index is -0.592. The average molecular weight is 431 g/mol. The molecular formula is C25H26N4O3. The smallest absolute Gasteiger partial charge is 0.255 e. The molecule has 164 valence electrons. The fourth-order valence-electron chi connectivity index (χ4n) is 4.70. The Kier molecular flexibility index (Phi) is 5.49. The van der Waals surface area contributed by atoms with Crippen LogP contribution in [0.3, 0.4) is 0 Å². The van der Waals surface area contributed by atoms with Crippen LogP contribution in [0.1, 0.15) is 46.3 Å². The lowest BCUT2D eigenvalue weighted by Crippen LogP contribution is -2.52.